The Morgan fingerprint density at radius 3 is 2.60 bits per heavy atom. The first-order valence-electron chi connectivity index (χ1n) is 5.73. The zero-order chi connectivity index (χ0) is 11.7. The van der Waals surface area contributed by atoms with E-state index in [0.717, 1.165) is 32.4 Å². The summed E-state index contributed by atoms with van der Waals surface area (Å²) in [4.78, 5) is 2.12. The van der Waals surface area contributed by atoms with Crippen LogP contribution >= 0.6 is 0 Å². The normalized spacial score (nSPS) is 15.6. The zero-order valence-electron chi connectivity index (χ0n) is 10.3. The Morgan fingerprint density at radius 2 is 2.13 bits per heavy atom. The lowest BCUT2D eigenvalue weighted by Gasteiger charge is -2.31. The van der Waals surface area contributed by atoms with Crippen molar-refractivity contribution in [2.24, 2.45) is 5.73 Å². The van der Waals surface area contributed by atoms with E-state index in [1.54, 1.807) is 7.11 Å². The summed E-state index contributed by atoms with van der Waals surface area (Å²) in [6.07, 6.45) is 2.99. The van der Waals surface area contributed by atoms with Gasteiger partial charge in [0.15, 0.2) is 0 Å². The highest BCUT2D eigenvalue weighted by Crippen LogP contribution is 2.06. The van der Waals surface area contributed by atoms with Gasteiger partial charge in [-0.25, -0.2) is 0 Å². The first kappa shape index (κ1) is 14.8. The molecule has 0 radical (unpaired) electrons. The number of likely N-dealkylation sites (N-methyl/N-ethyl adjacent to an activating group) is 1. The number of ether oxygens (including phenoxy) is 1. The molecule has 0 saturated heterocycles. The number of hydrogen-bond acceptors (Lipinski definition) is 4. The van der Waals surface area contributed by atoms with E-state index < -0.39 is 0 Å². The van der Waals surface area contributed by atoms with Gasteiger partial charge < -0.3 is 15.6 Å². The van der Waals surface area contributed by atoms with E-state index in [9.17, 15) is 5.11 Å². The molecule has 92 valence electrons. The standard InChI is InChI=1S/C11H26N2O2/c1-4-6-10(12)11(9-14)13(2)7-5-8-15-3/h10-11,14H,4-9,12H2,1-3H3. The first-order chi connectivity index (χ1) is 7.17. The summed E-state index contributed by atoms with van der Waals surface area (Å²) < 4.78 is 4.99. The fourth-order valence-electron chi connectivity index (χ4n) is 1.75. The molecule has 0 aromatic rings. The fourth-order valence-corrected chi connectivity index (χ4v) is 1.75. The number of nitrogens with two attached hydrogens (primary N) is 1. The second-order valence-corrected chi connectivity index (χ2v) is 4.03. The molecule has 0 aliphatic carbocycles. The van der Waals surface area contributed by atoms with Crippen molar-refractivity contribution < 1.29 is 9.84 Å². The lowest BCUT2D eigenvalue weighted by Crippen LogP contribution is -2.48. The maximum Gasteiger partial charge on any atom is 0.0601 e. The summed E-state index contributed by atoms with van der Waals surface area (Å²) in [5.41, 5.74) is 6.01. The van der Waals surface area contributed by atoms with Gasteiger partial charge in [-0.2, -0.15) is 0 Å². The van der Waals surface area contributed by atoms with Crippen LogP contribution in [0.15, 0.2) is 0 Å². The van der Waals surface area contributed by atoms with E-state index in [-0.39, 0.29) is 18.7 Å². The molecule has 0 aromatic heterocycles. The van der Waals surface area contributed by atoms with Gasteiger partial charge >= 0.3 is 0 Å². The van der Waals surface area contributed by atoms with Crippen LogP contribution in [0.25, 0.3) is 0 Å². The van der Waals surface area contributed by atoms with E-state index >= 15 is 0 Å². The van der Waals surface area contributed by atoms with Crippen LogP contribution < -0.4 is 5.73 Å². The third-order valence-electron chi connectivity index (χ3n) is 2.73. The molecule has 0 spiro atoms. The number of aliphatic hydroxyl groups excluding tert-OH is 1. The van der Waals surface area contributed by atoms with Gasteiger partial charge in [0.2, 0.25) is 0 Å². The van der Waals surface area contributed by atoms with Gasteiger partial charge in [-0.3, -0.25) is 4.90 Å². The van der Waals surface area contributed by atoms with Crippen molar-refractivity contribution in [1.82, 2.24) is 4.90 Å². The highest BCUT2D eigenvalue weighted by Gasteiger charge is 2.20. The van der Waals surface area contributed by atoms with Crippen LogP contribution in [-0.2, 0) is 4.74 Å². The van der Waals surface area contributed by atoms with Gasteiger partial charge in [0.05, 0.1) is 6.61 Å². The van der Waals surface area contributed by atoms with Gasteiger partial charge in [-0.05, 0) is 19.9 Å². The summed E-state index contributed by atoms with van der Waals surface area (Å²) in [6, 6.07) is 0.134. The topological polar surface area (TPSA) is 58.7 Å². The largest absolute Gasteiger partial charge is 0.395 e. The van der Waals surface area contributed by atoms with Crippen LogP contribution in [0.2, 0.25) is 0 Å². The summed E-state index contributed by atoms with van der Waals surface area (Å²) in [6.45, 7) is 3.91. The molecule has 4 heteroatoms. The Balaban J connectivity index is 3.91. The van der Waals surface area contributed by atoms with E-state index in [2.05, 4.69) is 11.8 Å². The molecule has 0 amide bonds. The van der Waals surface area contributed by atoms with Crippen molar-refractivity contribution in [2.75, 3.05) is 33.9 Å². The van der Waals surface area contributed by atoms with Gasteiger partial charge in [-0.1, -0.05) is 13.3 Å². The summed E-state index contributed by atoms with van der Waals surface area (Å²) in [5, 5.41) is 9.30. The molecule has 0 aliphatic rings. The minimum Gasteiger partial charge on any atom is -0.395 e. The van der Waals surface area contributed by atoms with E-state index in [1.807, 2.05) is 7.05 Å². The smallest absolute Gasteiger partial charge is 0.0601 e. The van der Waals surface area contributed by atoms with Crippen LogP contribution in [0.5, 0.6) is 0 Å². The van der Waals surface area contributed by atoms with Crippen LogP contribution in [0.3, 0.4) is 0 Å². The molecule has 15 heavy (non-hydrogen) atoms. The monoisotopic (exact) mass is 218 g/mol. The van der Waals surface area contributed by atoms with Crippen molar-refractivity contribution in [2.45, 2.75) is 38.3 Å². The van der Waals surface area contributed by atoms with Gasteiger partial charge in [-0.15, -0.1) is 0 Å². The quantitative estimate of drug-likeness (QED) is 0.551. The van der Waals surface area contributed by atoms with Gasteiger partial charge in [0.25, 0.3) is 0 Å². The number of hydrogen-bond donors (Lipinski definition) is 2. The van der Waals surface area contributed by atoms with E-state index in [1.165, 1.54) is 0 Å². The van der Waals surface area contributed by atoms with Crippen molar-refractivity contribution in [3.63, 3.8) is 0 Å². The van der Waals surface area contributed by atoms with Crippen LogP contribution in [0.4, 0.5) is 0 Å². The predicted molar refractivity (Wildman–Crippen MR) is 62.9 cm³/mol. The number of methoxy groups -OCH3 is 1. The third-order valence-corrected chi connectivity index (χ3v) is 2.73. The predicted octanol–water partition coefficient (Wildman–Crippen LogP) is 0.443. The minimum atomic E-state index is 0.0625. The average molecular weight is 218 g/mol. The van der Waals surface area contributed by atoms with Crippen molar-refractivity contribution in [3.8, 4) is 0 Å². The molecule has 0 bridgehead atoms. The Bertz CT molecular complexity index is 145. The fraction of sp³-hybridized carbons (Fsp3) is 1.00. The second kappa shape index (κ2) is 9.09. The molecule has 2 atom stereocenters. The molecule has 0 fully saturated rings. The lowest BCUT2D eigenvalue weighted by atomic mass is 10.0. The van der Waals surface area contributed by atoms with E-state index in [4.69, 9.17) is 10.5 Å². The molecule has 0 aliphatic heterocycles. The highest BCUT2D eigenvalue weighted by atomic mass is 16.5. The van der Waals surface area contributed by atoms with Crippen LogP contribution in [0.1, 0.15) is 26.2 Å². The molecular formula is C11H26N2O2. The molecule has 0 rings (SSSR count). The van der Waals surface area contributed by atoms with Crippen LogP contribution in [0, 0.1) is 0 Å². The molecule has 2 unspecified atom stereocenters. The summed E-state index contributed by atoms with van der Waals surface area (Å²) in [7, 11) is 3.71. The number of nitrogens with zero attached hydrogens (tertiary/aromatic N) is 1. The van der Waals surface area contributed by atoms with Crippen molar-refractivity contribution >= 4 is 0 Å². The number of rotatable bonds is 9. The molecule has 0 aromatic carbocycles. The summed E-state index contributed by atoms with van der Waals surface area (Å²) in [5.74, 6) is 0. The van der Waals surface area contributed by atoms with Crippen LogP contribution in [-0.4, -0.2) is 56.0 Å². The van der Waals surface area contributed by atoms with Crippen molar-refractivity contribution in [3.05, 3.63) is 0 Å². The maximum atomic E-state index is 9.30. The Hall–Kier alpha value is -0.160. The molecule has 3 N–H and O–H groups in total. The Morgan fingerprint density at radius 1 is 1.47 bits per heavy atom. The molecular weight excluding hydrogens is 192 g/mol. The Kier molecular flexibility index (Phi) is 9.00. The molecule has 0 heterocycles. The average Bonchev–Trinajstić information content (AvgIpc) is 2.19. The third kappa shape index (κ3) is 6.10. The number of aliphatic hydroxyl groups is 1. The zero-order valence-corrected chi connectivity index (χ0v) is 10.3. The maximum absolute atomic E-state index is 9.30. The highest BCUT2D eigenvalue weighted by molar-refractivity contribution is 4.79. The Labute approximate surface area is 93.4 Å². The van der Waals surface area contributed by atoms with Gasteiger partial charge in [0.1, 0.15) is 0 Å². The van der Waals surface area contributed by atoms with Gasteiger partial charge in [0, 0.05) is 32.3 Å². The first-order valence-corrected chi connectivity index (χ1v) is 5.73. The lowest BCUT2D eigenvalue weighted by molar-refractivity contribution is 0.110. The second-order valence-electron chi connectivity index (χ2n) is 4.03. The minimum absolute atomic E-state index is 0.0625. The summed E-state index contributed by atoms with van der Waals surface area (Å²) >= 11 is 0. The molecule has 4 nitrogen and oxygen atoms in total. The molecule has 0 saturated carbocycles. The van der Waals surface area contributed by atoms with E-state index in [0.29, 0.717) is 0 Å². The SMILES string of the molecule is CCCC(N)C(CO)N(C)CCCOC. The van der Waals surface area contributed by atoms with Crippen molar-refractivity contribution in [1.29, 1.82) is 0 Å².